The topological polar surface area (TPSA) is 50.2 Å². The highest BCUT2D eigenvalue weighted by Gasteiger charge is 2.31. The van der Waals surface area contributed by atoms with Crippen molar-refractivity contribution >= 4 is 18.3 Å². The molecule has 25 heavy (non-hydrogen) atoms. The van der Waals surface area contributed by atoms with Gasteiger partial charge in [-0.2, -0.15) is 5.10 Å². The summed E-state index contributed by atoms with van der Waals surface area (Å²) in [7, 11) is 0. The van der Waals surface area contributed by atoms with E-state index in [1.54, 1.807) is 6.20 Å². The second-order valence-electron chi connectivity index (χ2n) is 6.94. The van der Waals surface area contributed by atoms with Crippen LogP contribution in [0.3, 0.4) is 0 Å². The van der Waals surface area contributed by atoms with Gasteiger partial charge in [-0.3, -0.25) is 4.79 Å². The normalized spacial score (nSPS) is 22.8. The second kappa shape index (κ2) is 8.02. The minimum atomic E-state index is 0. The lowest BCUT2D eigenvalue weighted by Gasteiger charge is -2.20. The van der Waals surface area contributed by atoms with E-state index in [0.29, 0.717) is 6.42 Å². The number of carbonyl (C=O) groups excluding carboxylic acids is 1. The van der Waals surface area contributed by atoms with Crippen molar-refractivity contribution in [2.75, 3.05) is 26.2 Å². The van der Waals surface area contributed by atoms with E-state index in [1.807, 2.05) is 41.2 Å². The van der Waals surface area contributed by atoms with E-state index in [2.05, 4.69) is 15.3 Å². The molecule has 5 nitrogen and oxygen atoms in total. The summed E-state index contributed by atoms with van der Waals surface area (Å²) in [6.07, 6.45) is 6.48. The Kier molecular flexibility index (Phi) is 5.76. The molecule has 0 radical (unpaired) electrons. The molecular formula is C19H25ClN4O. The van der Waals surface area contributed by atoms with E-state index in [4.69, 9.17) is 0 Å². The van der Waals surface area contributed by atoms with Gasteiger partial charge in [0.2, 0.25) is 5.91 Å². The van der Waals surface area contributed by atoms with Gasteiger partial charge in [0.25, 0.3) is 0 Å². The molecule has 134 valence electrons. The lowest BCUT2D eigenvalue weighted by atomic mass is 9.92. The molecule has 0 saturated carbocycles. The molecule has 0 bridgehead atoms. The smallest absolute Gasteiger partial charge is 0.227 e. The average molecular weight is 361 g/mol. The van der Waals surface area contributed by atoms with Crippen molar-refractivity contribution in [1.82, 2.24) is 20.0 Å². The van der Waals surface area contributed by atoms with E-state index in [1.165, 1.54) is 0 Å². The number of amides is 1. The fourth-order valence-corrected chi connectivity index (χ4v) is 3.93. The molecule has 1 aromatic heterocycles. The van der Waals surface area contributed by atoms with Crippen LogP contribution in [0.5, 0.6) is 0 Å². The second-order valence-corrected chi connectivity index (χ2v) is 6.94. The molecule has 2 saturated heterocycles. The number of halogens is 1. The van der Waals surface area contributed by atoms with Crippen molar-refractivity contribution in [2.24, 2.45) is 11.8 Å². The first-order valence-corrected chi connectivity index (χ1v) is 8.87. The molecule has 1 amide bonds. The molecule has 2 aliphatic rings. The summed E-state index contributed by atoms with van der Waals surface area (Å²) in [5.74, 6) is 1.74. The summed E-state index contributed by atoms with van der Waals surface area (Å²) in [6.45, 7) is 4.04. The highest BCUT2D eigenvalue weighted by atomic mass is 35.5. The van der Waals surface area contributed by atoms with E-state index in [9.17, 15) is 4.79 Å². The largest absolute Gasteiger partial charge is 0.342 e. The number of nitrogens with one attached hydrogen (secondary N) is 1. The molecule has 1 N–H and O–H groups in total. The SMILES string of the molecule is Cl.O=C(Cc1cnn(-c2ccccc2)c1)N1CC[C@@H]2CNC[C@@H]2CC1. The number of carbonyl (C=O) groups is 1. The Morgan fingerprint density at radius 2 is 1.80 bits per heavy atom. The van der Waals surface area contributed by atoms with Gasteiger partial charge in [-0.15, -0.1) is 12.4 Å². The molecule has 2 aromatic rings. The lowest BCUT2D eigenvalue weighted by molar-refractivity contribution is -0.130. The number of rotatable bonds is 3. The average Bonchev–Trinajstić information content (AvgIpc) is 3.21. The fourth-order valence-electron chi connectivity index (χ4n) is 3.93. The highest BCUT2D eigenvalue weighted by Crippen LogP contribution is 2.27. The minimum Gasteiger partial charge on any atom is -0.342 e. The van der Waals surface area contributed by atoms with Gasteiger partial charge in [-0.05, 0) is 55.5 Å². The van der Waals surface area contributed by atoms with Crippen molar-refractivity contribution in [2.45, 2.75) is 19.3 Å². The van der Waals surface area contributed by atoms with Crippen LogP contribution < -0.4 is 5.32 Å². The van der Waals surface area contributed by atoms with Gasteiger partial charge in [0.15, 0.2) is 0 Å². The molecule has 4 rings (SSSR count). The molecule has 3 heterocycles. The summed E-state index contributed by atoms with van der Waals surface area (Å²) in [5.41, 5.74) is 2.00. The number of hydrogen-bond donors (Lipinski definition) is 1. The summed E-state index contributed by atoms with van der Waals surface area (Å²) in [5, 5.41) is 7.87. The van der Waals surface area contributed by atoms with Crippen LogP contribution in [0.4, 0.5) is 0 Å². The zero-order valence-electron chi connectivity index (χ0n) is 14.3. The van der Waals surface area contributed by atoms with Gasteiger partial charge < -0.3 is 10.2 Å². The first kappa shape index (κ1) is 18.0. The van der Waals surface area contributed by atoms with Crippen LogP contribution in [0.2, 0.25) is 0 Å². The van der Waals surface area contributed by atoms with Crippen LogP contribution in [0.15, 0.2) is 42.7 Å². The number of likely N-dealkylation sites (tertiary alicyclic amines) is 1. The third-order valence-electron chi connectivity index (χ3n) is 5.38. The van der Waals surface area contributed by atoms with Crippen LogP contribution in [-0.2, 0) is 11.2 Å². The van der Waals surface area contributed by atoms with Crippen LogP contribution in [0.25, 0.3) is 5.69 Å². The molecule has 1 aromatic carbocycles. The molecule has 2 fully saturated rings. The van der Waals surface area contributed by atoms with E-state index >= 15 is 0 Å². The van der Waals surface area contributed by atoms with Crippen LogP contribution >= 0.6 is 12.4 Å². The van der Waals surface area contributed by atoms with Gasteiger partial charge in [0.05, 0.1) is 18.3 Å². The molecule has 0 aliphatic carbocycles. The van der Waals surface area contributed by atoms with Gasteiger partial charge in [-0.25, -0.2) is 4.68 Å². The van der Waals surface area contributed by atoms with Gasteiger partial charge in [0.1, 0.15) is 0 Å². The lowest BCUT2D eigenvalue weighted by Crippen LogP contribution is -2.33. The molecule has 6 heteroatoms. The van der Waals surface area contributed by atoms with Crippen molar-refractivity contribution in [1.29, 1.82) is 0 Å². The Balaban J connectivity index is 0.00000182. The summed E-state index contributed by atoms with van der Waals surface area (Å²) < 4.78 is 1.83. The highest BCUT2D eigenvalue weighted by molar-refractivity contribution is 5.85. The van der Waals surface area contributed by atoms with Crippen molar-refractivity contribution in [3.63, 3.8) is 0 Å². The molecular weight excluding hydrogens is 336 g/mol. The summed E-state index contributed by atoms with van der Waals surface area (Å²) in [4.78, 5) is 14.7. The predicted molar refractivity (Wildman–Crippen MR) is 100 cm³/mol. The number of para-hydroxylation sites is 1. The van der Waals surface area contributed by atoms with Crippen LogP contribution in [0, 0.1) is 11.8 Å². The molecule has 0 spiro atoms. The maximum atomic E-state index is 12.7. The monoisotopic (exact) mass is 360 g/mol. The standard InChI is InChI=1S/C19H24N4O.ClH/c24-19(22-8-6-16-12-20-13-17(16)7-9-22)10-15-11-21-23(14-15)18-4-2-1-3-5-18;/h1-5,11,14,16-17,20H,6-10,12-13H2;1H/t16-,17+;. The van der Waals surface area contributed by atoms with Crippen LogP contribution in [0.1, 0.15) is 18.4 Å². The van der Waals surface area contributed by atoms with E-state index < -0.39 is 0 Å². The Morgan fingerprint density at radius 1 is 1.12 bits per heavy atom. The first-order valence-electron chi connectivity index (χ1n) is 8.87. The quantitative estimate of drug-likeness (QED) is 0.913. The zero-order chi connectivity index (χ0) is 16.4. The number of benzene rings is 1. The Bertz CT molecular complexity index is 688. The van der Waals surface area contributed by atoms with Gasteiger partial charge in [-0.1, -0.05) is 18.2 Å². The third kappa shape index (κ3) is 4.05. The number of nitrogens with zero attached hydrogens (tertiary/aromatic N) is 3. The van der Waals surface area contributed by atoms with Crippen LogP contribution in [-0.4, -0.2) is 46.8 Å². The Hall–Kier alpha value is -1.85. The Labute approximate surface area is 154 Å². The molecule has 2 atom stereocenters. The summed E-state index contributed by atoms with van der Waals surface area (Å²) in [6, 6.07) is 10.00. The zero-order valence-corrected chi connectivity index (χ0v) is 15.1. The van der Waals surface area contributed by atoms with Gasteiger partial charge >= 0.3 is 0 Å². The van der Waals surface area contributed by atoms with E-state index in [0.717, 1.165) is 62.1 Å². The molecule has 0 unspecified atom stereocenters. The third-order valence-corrected chi connectivity index (χ3v) is 5.38. The van der Waals surface area contributed by atoms with Crippen molar-refractivity contribution < 1.29 is 4.79 Å². The minimum absolute atomic E-state index is 0. The first-order chi connectivity index (χ1) is 11.8. The maximum Gasteiger partial charge on any atom is 0.227 e. The van der Waals surface area contributed by atoms with E-state index in [-0.39, 0.29) is 18.3 Å². The number of aromatic nitrogens is 2. The summed E-state index contributed by atoms with van der Waals surface area (Å²) >= 11 is 0. The van der Waals surface area contributed by atoms with Crippen molar-refractivity contribution in [3.8, 4) is 5.69 Å². The fraction of sp³-hybridized carbons (Fsp3) is 0.474. The Morgan fingerprint density at radius 3 is 2.48 bits per heavy atom. The molecule has 2 aliphatic heterocycles. The van der Waals surface area contributed by atoms with Gasteiger partial charge in [0, 0.05) is 19.3 Å². The predicted octanol–water partition coefficient (Wildman–Crippen LogP) is 2.29. The maximum absolute atomic E-state index is 12.7. The number of fused-ring (bicyclic) bond motifs is 1. The van der Waals surface area contributed by atoms with Crippen molar-refractivity contribution in [3.05, 3.63) is 48.3 Å². The number of hydrogen-bond acceptors (Lipinski definition) is 3.